The van der Waals surface area contributed by atoms with Crippen LogP contribution in [0.4, 0.5) is 0 Å². The van der Waals surface area contributed by atoms with Crippen molar-refractivity contribution in [1.29, 1.82) is 0 Å². The van der Waals surface area contributed by atoms with Gasteiger partial charge in [-0.25, -0.2) is 0 Å². The zero-order chi connectivity index (χ0) is 22.1. The van der Waals surface area contributed by atoms with Crippen LogP contribution >= 0.6 is 0 Å². The maximum atomic E-state index is 13.1. The fraction of sp³-hybridized carbons (Fsp3) is 0.286. The lowest BCUT2D eigenvalue weighted by molar-refractivity contribution is -0.157. The standard InChI is InChI=1S/C28H28N2O2/c1-28(27(32)29-25-18-23-9-5-6-10-24(23)19-25)15-16-30(28)26(31)17-20-11-13-22(14-12-20)21-7-3-2-4-8-21/h2-14,25H,15-19H2,1H3,(H,29,32). The first kappa shape index (κ1) is 20.5. The van der Waals surface area contributed by atoms with Crippen LogP contribution in [0.2, 0.25) is 0 Å². The average molecular weight is 425 g/mol. The Hall–Kier alpha value is -3.40. The Bertz CT molecular complexity index is 1110. The van der Waals surface area contributed by atoms with E-state index in [0.717, 1.165) is 29.5 Å². The van der Waals surface area contributed by atoms with Crippen LogP contribution in [0.5, 0.6) is 0 Å². The predicted molar refractivity (Wildman–Crippen MR) is 126 cm³/mol. The first-order valence-electron chi connectivity index (χ1n) is 11.4. The molecule has 1 fully saturated rings. The number of carbonyl (C=O) groups excluding carboxylic acids is 2. The summed E-state index contributed by atoms with van der Waals surface area (Å²) in [6.45, 7) is 2.53. The van der Waals surface area contributed by atoms with Crippen molar-refractivity contribution in [2.45, 2.75) is 44.2 Å². The van der Waals surface area contributed by atoms with Crippen LogP contribution in [0.15, 0.2) is 78.9 Å². The van der Waals surface area contributed by atoms with Crippen molar-refractivity contribution in [2.75, 3.05) is 6.54 Å². The predicted octanol–water partition coefficient (Wildman–Crippen LogP) is 4.17. The number of rotatable bonds is 5. The molecule has 32 heavy (non-hydrogen) atoms. The lowest BCUT2D eigenvalue weighted by Gasteiger charge is -2.49. The molecule has 1 unspecified atom stereocenters. The first-order chi connectivity index (χ1) is 15.5. The number of nitrogens with one attached hydrogen (secondary N) is 1. The number of hydrogen-bond acceptors (Lipinski definition) is 2. The highest BCUT2D eigenvalue weighted by Crippen LogP contribution is 2.32. The molecule has 3 aromatic rings. The van der Waals surface area contributed by atoms with Crippen LogP contribution in [0.1, 0.15) is 30.0 Å². The van der Waals surface area contributed by atoms with E-state index >= 15 is 0 Å². The van der Waals surface area contributed by atoms with Crippen molar-refractivity contribution in [2.24, 2.45) is 0 Å². The average Bonchev–Trinajstić information content (AvgIpc) is 3.21. The molecule has 1 atom stereocenters. The van der Waals surface area contributed by atoms with E-state index in [1.54, 1.807) is 4.90 Å². The van der Waals surface area contributed by atoms with E-state index in [4.69, 9.17) is 0 Å². The molecule has 0 aromatic heterocycles. The lowest BCUT2D eigenvalue weighted by atomic mass is 9.84. The summed E-state index contributed by atoms with van der Waals surface area (Å²) < 4.78 is 0. The molecule has 3 aromatic carbocycles. The van der Waals surface area contributed by atoms with Crippen molar-refractivity contribution < 1.29 is 9.59 Å². The summed E-state index contributed by atoms with van der Waals surface area (Å²) in [5.41, 5.74) is 5.12. The highest BCUT2D eigenvalue weighted by atomic mass is 16.2. The molecule has 1 aliphatic heterocycles. The second-order valence-electron chi connectivity index (χ2n) is 9.16. The van der Waals surface area contributed by atoms with Gasteiger partial charge in [-0.15, -0.1) is 0 Å². The van der Waals surface area contributed by atoms with Gasteiger partial charge in [0.25, 0.3) is 0 Å². The van der Waals surface area contributed by atoms with Gasteiger partial charge in [0.05, 0.1) is 6.42 Å². The molecule has 0 bridgehead atoms. The Morgan fingerprint density at radius 1 is 0.875 bits per heavy atom. The molecular weight excluding hydrogens is 396 g/mol. The third-order valence-corrected chi connectivity index (χ3v) is 7.01. The second kappa shape index (κ2) is 8.27. The van der Waals surface area contributed by atoms with E-state index in [0.29, 0.717) is 19.4 Å². The topological polar surface area (TPSA) is 49.4 Å². The van der Waals surface area contributed by atoms with Crippen LogP contribution in [-0.4, -0.2) is 34.8 Å². The fourth-order valence-electron chi connectivity index (χ4n) is 4.91. The number of amides is 2. The van der Waals surface area contributed by atoms with Crippen LogP contribution in [0.3, 0.4) is 0 Å². The molecule has 0 radical (unpaired) electrons. The van der Waals surface area contributed by atoms with Crippen molar-refractivity contribution in [3.8, 4) is 11.1 Å². The Morgan fingerprint density at radius 3 is 2.06 bits per heavy atom. The molecule has 0 saturated carbocycles. The summed E-state index contributed by atoms with van der Waals surface area (Å²) in [6, 6.07) is 26.8. The quantitative estimate of drug-likeness (QED) is 0.668. The summed E-state index contributed by atoms with van der Waals surface area (Å²) in [5.74, 6) is -0.0228. The molecule has 1 N–H and O–H groups in total. The largest absolute Gasteiger partial charge is 0.351 e. The van der Waals surface area contributed by atoms with Gasteiger partial charge in [-0.1, -0.05) is 78.9 Å². The monoisotopic (exact) mass is 424 g/mol. The van der Waals surface area contributed by atoms with E-state index in [9.17, 15) is 9.59 Å². The normalized spacial score (nSPS) is 19.8. The maximum Gasteiger partial charge on any atom is 0.245 e. The third kappa shape index (κ3) is 3.81. The number of carbonyl (C=O) groups is 2. The van der Waals surface area contributed by atoms with Gasteiger partial charge in [0.15, 0.2) is 0 Å². The molecule has 1 saturated heterocycles. The van der Waals surface area contributed by atoms with Crippen molar-refractivity contribution in [3.05, 3.63) is 95.6 Å². The van der Waals surface area contributed by atoms with Crippen LogP contribution in [0, 0.1) is 0 Å². The van der Waals surface area contributed by atoms with Gasteiger partial charge in [-0.2, -0.15) is 0 Å². The van der Waals surface area contributed by atoms with Gasteiger partial charge in [0.1, 0.15) is 5.54 Å². The van der Waals surface area contributed by atoms with Gasteiger partial charge in [-0.05, 0) is 54.0 Å². The number of hydrogen-bond donors (Lipinski definition) is 1. The number of likely N-dealkylation sites (tertiary alicyclic amines) is 1. The molecule has 4 heteroatoms. The molecular formula is C28H28N2O2. The van der Waals surface area contributed by atoms with Gasteiger partial charge in [0, 0.05) is 12.6 Å². The first-order valence-corrected chi connectivity index (χ1v) is 11.4. The van der Waals surface area contributed by atoms with Crippen LogP contribution < -0.4 is 5.32 Å². The number of benzene rings is 3. The van der Waals surface area contributed by atoms with Gasteiger partial charge >= 0.3 is 0 Å². The molecule has 0 spiro atoms. The molecule has 5 rings (SSSR count). The molecule has 2 amide bonds. The van der Waals surface area contributed by atoms with E-state index in [1.165, 1.54) is 11.1 Å². The molecule has 1 aliphatic carbocycles. The summed E-state index contributed by atoms with van der Waals surface area (Å²) in [7, 11) is 0. The van der Waals surface area contributed by atoms with Gasteiger partial charge in [-0.3, -0.25) is 9.59 Å². The minimum Gasteiger partial charge on any atom is -0.351 e. The Morgan fingerprint density at radius 2 is 1.47 bits per heavy atom. The Kier molecular flexibility index (Phi) is 5.30. The lowest BCUT2D eigenvalue weighted by Crippen LogP contribution is -2.68. The fourth-order valence-corrected chi connectivity index (χ4v) is 4.91. The van der Waals surface area contributed by atoms with Crippen LogP contribution in [0.25, 0.3) is 11.1 Å². The SMILES string of the molecule is CC1(C(=O)NC2Cc3ccccc3C2)CCN1C(=O)Cc1ccc(-c2ccccc2)cc1. The summed E-state index contributed by atoms with van der Waals surface area (Å²) >= 11 is 0. The van der Waals surface area contributed by atoms with E-state index in [-0.39, 0.29) is 17.9 Å². The minimum atomic E-state index is -0.754. The van der Waals surface area contributed by atoms with E-state index in [2.05, 4.69) is 41.7 Å². The second-order valence-corrected chi connectivity index (χ2v) is 9.16. The molecule has 1 heterocycles. The number of fused-ring (bicyclic) bond motifs is 1. The zero-order valence-electron chi connectivity index (χ0n) is 18.4. The van der Waals surface area contributed by atoms with E-state index in [1.807, 2.05) is 49.4 Å². The van der Waals surface area contributed by atoms with Crippen molar-refractivity contribution in [1.82, 2.24) is 10.2 Å². The summed E-state index contributed by atoms with van der Waals surface area (Å²) in [4.78, 5) is 27.9. The highest BCUT2D eigenvalue weighted by Gasteiger charge is 2.49. The zero-order valence-corrected chi connectivity index (χ0v) is 18.4. The van der Waals surface area contributed by atoms with E-state index < -0.39 is 5.54 Å². The van der Waals surface area contributed by atoms with Gasteiger partial charge in [0.2, 0.25) is 11.8 Å². The van der Waals surface area contributed by atoms with Crippen molar-refractivity contribution in [3.63, 3.8) is 0 Å². The number of nitrogens with zero attached hydrogens (tertiary/aromatic N) is 1. The van der Waals surface area contributed by atoms with Crippen LogP contribution in [-0.2, 0) is 28.9 Å². The third-order valence-electron chi connectivity index (χ3n) is 7.01. The van der Waals surface area contributed by atoms with Crippen molar-refractivity contribution >= 4 is 11.8 Å². The van der Waals surface area contributed by atoms with Gasteiger partial charge < -0.3 is 10.2 Å². The molecule has 162 valence electrons. The minimum absolute atomic E-state index is 0.0102. The Labute approximate surface area is 189 Å². The summed E-state index contributed by atoms with van der Waals surface area (Å²) in [5, 5.41) is 3.21. The highest BCUT2D eigenvalue weighted by molar-refractivity contribution is 5.93. The molecule has 2 aliphatic rings. The maximum absolute atomic E-state index is 13.1. The molecule has 4 nitrogen and oxygen atoms in total. The smallest absolute Gasteiger partial charge is 0.245 e. The Balaban J connectivity index is 1.20. The summed E-state index contributed by atoms with van der Waals surface area (Å²) in [6.07, 6.45) is 2.74.